The predicted molar refractivity (Wildman–Crippen MR) is 119 cm³/mol. The van der Waals surface area contributed by atoms with Gasteiger partial charge in [0, 0.05) is 46.1 Å². The number of anilines is 2. The van der Waals surface area contributed by atoms with Gasteiger partial charge in [-0.05, 0) is 55.7 Å². The van der Waals surface area contributed by atoms with Gasteiger partial charge in [-0.1, -0.05) is 38.3 Å². The molecular weight excluding hydrogens is 332 g/mol. The predicted octanol–water partition coefficient (Wildman–Crippen LogP) is 3.56. The number of benzene rings is 1. The highest BCUT2D eigenvalue weighted by Gasteiger charge is 2.01. The Labute approximate surface area is 161 Å². The van der Waals surface area contributed by atoms with E-state index in [-0.39, 0.29) is 0 Å². The molecule has 27 heavy (non-hydrogen) atoms. The lowest BCUT2D eigenvalue weighted by Crippen LogP contribution is -2.24. The molecule has 0 saturated heterocycles. The number of hydrogen-bond acceptors (Lipinski definition) is 3. The van der Waals surface area contributed by atoms with Gasteiger partial charge < -0.3 is 21.4 Å². The van der Waals surface area contributed by atoms with Crippen LogP contribution < -0.4 is 27.5 Å². The van der Waals surface area contributed by atoms with Crippen LogP contribution in [0.3, 0.4) is 0 Å². The van der Waals surface area contributed by atoms with E-state index in [2.05, 4.69) is 36.2 Å². The first-order chi connectivity index (χ1) is 12.9. The van der Waals surface area contributed by atoms with Gasteiger partial charge in [-0.2, -0.15) is 0 Å². The lowest BCUT2D eigenvalue weighted by atomic mass is 10.1. The third-order valence-corrected chi connectivity index (χ3v) is 4.51. The van der Waals surface area contributed by atoms with Crippen LogP contribution in [0.5, 0.6) is 0 Å². The Hall–Kier alpha value is -3.14. The van der Waals surface area contributed by atoms with Crippen LogP contribution in [-0.2, 0) is 6.54 Å². The summed E-state index contributed by atoms with van der Waals surface area (Å²) in [6, 6.07) is 9.65. The molecule has 0 aliphatic heterocycles. The molecule has 0 aliphatic rings. The zero-order chi connectivity index (χ0) is 19.8. The Balaban J connectivity index is 1.69. The molecular formula is C23H30N4. The van der Waals surface area contributed by atoms with Gasteiger partial charge in [-0.3, -0.25) is 0 Å². The number of hydrogen-bond donors (Lipinski definition) is 3. The van der Waals surface area contributed by atoms with Gasteiger partial charge in [0.05, 0.1) is 0 Å². The van der Waals surface area contributed by atoms with Gasteiger partial charge in [0.25, 0.3) is 0 Å². The lowest BCUT2D eigenvalue weighted by Gasteiger charge is -2.08. The highest BCUT2D eigenvalue weighted by Crippen LogP contribution is 2.21. The third-order valence-electron chi connectivity index (χ3n) is 4.51. The van der Waals surface area contributed by atoms with E-state index in [1.807, 2.05) is 42.6 Å². The van der Waals surface area contributed by atoms with Crippen LogP contribution in [-0.4, -0.2) is 4.57 Å². The van der Waals surface area contributed by atoms with Crippen LogP contribution >= 0.6 is 0 Å². The van der Waals surface area contributed by atoms with Gasteiger partial charge in [-0.15, -0.1) is 0 Å². The van der Waals surface area contributed by atoms with Crippen molar-refractivity contribution in [2.45, 2.75) is 32.2 Å². The molecule has 4 heteroatoms. The molecule has 0 unspecified atom stereocenters. The second-order valence-corrected chi connectivity index (χ2v) is 6.74. The van der Waals surface area contributed by atoms with Crippen molar-refractivity contribution in [1.82, 2.24) is 4.57 Å². The van der Waals surface area contributed by atoms with E-state index >= 15 is 0 Å². The minimum Gasteiger partial charge on any atom is -0.399 e. The van der Waals surface area contributed by atoms with E-state index < -0.39 is 0 Å². The SMILES string of the molecule is C=C(/C=C/Nc1ccc(C(=C)N)c(N)c1)CCCCCn1c(=C)ccc1=C. The maximum Gasteiger partial charge on any atom is 0.0429 e. The van der Waals surface area contributed by atoms with Gasteiger partial charge in [0.2, 0.25) is 0 Å². The summed E-state index contributed by atoms with van der Waals surface area (Å²) in [7, 11) is 0. The van der Waals surface area contributed by atoms with Crippen molar-refractivity contribution in [2.24, 2.45) is 5.73 Å². The molecule has 0 atom stereocenters. The second kappa shape index (κ2) is 9.53. The van der Waals surface area contributed by atoms with Crippen LogP contribution in [0, 0.1) is 0 Å². The highest BCUT2D eigenvalue weighted by molar-refractivity contribution is 5.74. The van der Waals surface area contributed by atoms with E-state index in [1.54, 1.807) is 0 Å². The minimum absolute atomic E-state index is 0.470. The van der Waals surface area contributed by atoms with Crippen molar-refractivity contribution in [3.63, 3.8) is 0 Å². The molecule has 2 rings (SSSR count). The fourth-order valence-corrected chi connectivity index (χ4v) is 2.93. The number of aromatic nitrogens is 1. The zero-order valence-electron chi connectivity index (χ0n) is 16.0. The largest absolute Gasteiger partial charge is 0.399 e. The summed E-state index contributed by atoms with van der Waals surface area (Å²) >= 11 is 0. The van der Waals surface area contributed by atoms with Crippen molar-refractivity contribution in [2.75, 3.05) is 11.1 Å². The molecule has 5 N–H and O–H groups in total. The summed E-state index contributed by atoms with van der Waals surface area (Å²) in [5.41, 5.74) is 15.5. The summed E-state index contributed by atoms with van der Waals surface area (Å²) in [6.07, 6.45) is 8.25. The fraction of sp³-hybridized carbons (Fsp3) is 0.217. The average Bonchev–Trinajstić information content (AvgIpc) is 2.93. The third kappa shape index (κ3) is 5.96. The molecule has 0 bridgehead atoms. The maximum absolute atomic E-state index is 5.97. The number of nitrogens with two attached hydrogens (primary N) is 2. The molecule has 0 spiro atoms. The molecule has 0 fully saturated rings. The first kappa shape index (κ1) is 20.2. The van der Waals surface area contributed by atoms with Crippen LogP contribution in [0.25, 0.3) is 18.9 Å². The van der Waals surface area contributed by atoms with Crippen molar-refractivity contribution in [1.29, 1.82) is 0 Å². The molecule has 2 aromatic rings. The van der Waals surface area contributed by atoms with Gasteiger partial charge in [0.15, 0.2) is 0 Å². The summed E-state index contributed by atoms with van der Waals surface area (Å²) < 4.78 is 2.16. The Morgan fingerprint density at radius 2 is 1.74 bits per heavy atom. The van der Waals surface area contributed by atoms with Gasteiger partial charge >= 0.3 is 0 Å². The normalized spacial score (nSPS) is 11.0. The summed E-state index contributed by atoms with van der Waals surface area (Å²) in [5, 5.41) is 5.27. The standard InChI is InChI=1S/C23H30N4/c1-17(8-6-5-7-15-27-18(2)9-10-19(27)3)13-14-26-21-11-12-22(20(4)24)23(25)16-21/h9-14,16,26H,1-8,15,24-25H2/b14-13+. The van der Waals surface area contributed by atoms with Crippen molar-refractivity contribution >= 4 is 30.2 Å². The lowest BCUT2D eigenvalue weighted by molar-refractivity contribution is 0.574. The Bertz CT molecular complexity index is 906. The van der Waals surface area contributed by atoms with Gasteiger partial charge in [0.1, 0.15) is 0 Å². The van der Waals surface area contributed by atoms with Crippen LogP contribution in [0.15, 0.2) is 61.3 Å². The molecule has 1 aromatic heterocycles. The first-order valence-electron chi connectivity index (χ1n) is 9.17. The molecule has 1 heterocycles. The molecule has 0 saturated carbocycles. The highest BCUT2D eigenvalue weighted by atomic mass is 14.9. The Morgan fingerprint density at radius 1 is 1.04 bits per heavy atom. The zero-order valence-corrected chi connectivity index (χ0v) is 16.0. The summed E-state index contributed by atoms with van der Waals surface area (Å²) in [6.45, 7) is 16.8. The van der Waals surface area contributed by atoms with Crippen LogP contribution in [0.4, 0.5) is 11.4 Å². The van der Waals surface area contributed by atoms with Crippen LogP contribution in [0.2, 0.25) is 0 Å². The van der Waals surface area contributed by atoms with Gasteiger partial charge in [-0.25, -0.2) is 0 Å². The number of allylic oxidation sites excluding steroid dienone is 2. The maximum atomic E-state index is 5.97. The molecule has 1 aromatic carbocycles. The van der Waals surface area contributed by atoms with E-state index in [0.29, 0.717) is 11.4 Å². The quantitative estimate of drug-likeness (QED) is 0.344. The summed E-state index contributed by atoms with van der Waals surface area (Å²) in [5.74, 6) is 0. The van der Waals surface area contributed by atoms with Crippen molar-refractivity contribution < 1.29 is 0 Å². The molecule has 0 aliphatic carbocycles. The van der Waals surface area contributed by atoms with Crippen LogP contribution in [0.1, 0.15) is 31.2 Å². The molecule has 0 amide bonds. The number of nitrogens with one attached hydrogen (secondary N) is 1. The molecule has 0 radical (unpaired) electrons. The smallest absolute Gasteiger partial charge is 0.0429 e. The summed E-state index contributed by atoms with van der Waals surface area (Å²) in [4.78, 5) is 0. The molecule has 4 nitrogen and oxygen atoms in total. The number of rotatable bonds is 10. The first-order valence-corrected chi connectivity index (χ1v) is 9.17. The monoisotopic (exact) mass is 362 g/mol. The van der Waals surface area contributed by atoms with E-state index in [4.69, 9.17) is 11.5 Å². The van der Waals surface area contributed by atoms with E-state index in [9.17, 15) is 0 Å². The second-order valence-electron chi connectivity index (χ2n) is 6.74. The topological polar surface area (TPSA) is 69.0 Å². The average molecular weight is 363 g/mol. The van der Waals surface area contributed by atoms with Crippen molar-refractivity contribution in [3.8, 4) is 0 Å². The molecule has 142 valence electrons. The minimum atomic E-state index is 0.470. The Kier molecular flexibility index (Phi) is 7.12. The van der Waals surface area contributed by atoms with E-state index in [1.165, 1.54) is 0 Å². The van der Waals surface area contributed by atoms with Crippen molar-refractivity contribution in [3.05, 3.63) is 77.6 Å². The number of unbranched alkanes of at least 4 members (excludes halogenated alkanes) is 2. The number of nitrogen functional groups attached to an aromatic ring is 1. The Morgan fingerprint density at radius 3 is 2.37 bits per heavy atom. The van der Waals surface area contributed by atoms with E-state index in [0.717, 1.165) is 59.8 Å². The number of nitrogens with zero attached hydrogens (tertiary/aromatic N) is 1. The fourth-order valence-electron chi connectivity index (χ4n) is 2.93.